The van der Waals surface area contributed by atoms with E-state index in [0.717, 1.165) is 19.3 Å². The van der Waals surface area contributed by atoms with Crippen molar-refractivity contribution in [1.29, 1.82) is 0 Å². The van der Waals surface area contributed by atoms with Gasteiger partial charge in [-0.15, -0.1) is 6.42 Å². The molecule has 0 aromatic heterocycles. The first-order valence-electron chi connectivity index (χ1n) is 9.84. The Hall–Kier alpha value is 0.274. The van der Waals surface area contributed by atoms with Crippen molar-refractivity contribution in [3.05, 3.63) is 35.8 Å². The average Bonchev–Trinajstić information content (AvgIpc) is 3.15. The predicted octanol–water partition coefficient (Wildman–Crippen LogP) is 5.11. The van der Waals surface area contributed by atoms with Gasteiger partial charge in [-0.2, -0.15) is 19.2 Å². The molecule has 0 spiro atoms. The van der Waals surface area contributed by atoms with Gasteiger partial charge < -0.3 is 23.9 Å². The minimum absolute atomic E-state index is 0. The van der Waals surface area contributed by atoms with E-state index in [2.05, 4.69) is 26.0 Å². The van der Waals surface area contributed by atoms with Crippen LogP contribution in [-0.4, -0.2) is 13.1 Å². The summed E-state index contributed by atoms with van der Waals surface area (Å²) < 4.78 is 0. The van der Waals surface area contributed by atoms with Gasteiger partial charge in [0.25, 0.3) is 0 Å². The molecule has 1 aliphatic carbocycles. The van der Waals surface area contributed by atoms with Gasteiger partial charge in [-0.05, 0) is 0 Å². The maximum absolute atomic E-state index is 6.88. The molecule has 0 heterocycles. The van der Waals surface area contributed by atoms with Gasteiger partial charge in [-0.1, -0.05) is 90.9 Å². The minimum Gasteiger partial charge on any atom is -1.00 e. The zero-order valence-electron chi connectivity index (χ0n) is 16.7. The standard InChI is InChI=1S/2C8H18N.C5H5.ClH.V/c2*1-2-3-4-5-6-7-8-9;1-2-4-5-3-1;;/h2*9H,2-8H2,1H3;1-3H,4H2;1H;/q3*-1;;+4/p-1. The van der Waals surface area contributed by atoms with Crippen LogP contribution in [0.4, 0.5) is 0 Å². The van der Waals surface area contributed by atoms with Crippen LogP contribution in [0.5, 0.6) is 0 Å². The van der Waals surface area contributed by atoms with Crippen LogP contribution in [0.3, 0.4) is 0 Å². The van der Waals surface area contributed by atoms with Crippen LogP contribution in [0.1, 0.15) is 97.3 Å². The molecule has 1 radical (unpaired) electrons. The molecule has 2 nitrogen and oxygen atoms in total. The average molecular weight is 408 g/mol. The monoisotopic (exact) mass is 407 g/mol. The molecule has 0 atom stereocenters. The molecule has 147 valence electrons. The first-order chi connectivity index (χ1) is 11.3. The third kappa shape index (κ3) is 40.4. The Labute approximate surface area is 177 Å². The number of unbranched alkanes of at least 4 members (excludes halogenated alkanes) is 10. The molecule has 0 aromatic carbocycles. The van der Waals surface area contributed by atoms with Crippen molar-refractivity contribution in [2.45, 2.75) is 97.3 Å². The van der Waals surface area contributed by atoms with E-state index >= 15 is 0 Å². The Morgan fingerprint density at radius 3 is 1.36 bits per heavy atom. The predicted molar refractivity (Wildman–Crippen MR) is 107 cm³/mol. The Morgan fingerprint density at radius 1 is 0.720 bits per heavy atom. The second-order valence-electron chi connectivity index (χ2n) is 6.04. The fraction of sp³-hybridized carbons (Fsp3) is 0.810. The Kier molecular flexibility index (Phi) is 46.6. The normalized spacial score (nSPS) is 10.7. The summed E-state index contributed by atoms with van der Waals surface area (Å²) in [6, 6.07) is 0. The van der Waals surface area contributed by atoms with Gasteiger partial charge in [0.15, 0.2) is 0 Å². The van der Waals surface area contributed by atoms with Crippen molar-refractivity contribution in [3.63, 3.8) is 0 Å². The van der Waals surface area contributed by atoms with E-state index in [1.807, 2.05) is 12.2 Å². The maximum Gasteiger partial charge on any atom is 4.00 e. The number of hydrogen-bond acceptors (Lipinski definition) is 0. The Bertz CT molecular complexity index is 210. The van der Waals surface area contributed by atoms with E-state index in [1.165, 1.54) is 64.2 Å². The van der Waals surface area contributed by atoms with Crippen LogP contribution in [0.15, 0.2) is 18.2 Å². The summed E-state index contributed by atoms with van der Waals surface area (Å²) in [6.07, 6.45) is 25.5. The summed E-state index contributed by atoms with van der Waals surface area (Å²) in [6.45, 7) is 5.69. The van der Waals surface area contributed by atoms with Crippen molar-refractivity contribution < 1.29 is 31.0 Å². The van der Waals surface area contributed by atoms with Crippen LogP contribution in [0, 0.1) is 6.08 Å². The van der Waals surface area contributed by atoms with E-state index < -0.39 is 0 Å². The zero-order chi connectivity index (χ0) is 17.4. The smallest absolute Gasteiger partial charge is 1.00 e. The summed E-state index contributed by atoms with van der Waals surface area (Å²) in [5, 5.41) is 0. The van der Waals surface area contributed by atoms with Gasteiger partial charge in [0.05, 0.1) is 0 Å². The fourth-order valence-electron chi connectivity index (χ4n) is 2.15. The first kappa shape index (κ1) is 32.9. The molecule has 2 N–H and O–H groups in total. The molecule has 0 saturated carbocycles. The van der Waals surface area contributed by atoms with Gasteiger partial charge in [0.2, 0.25) is 0 Å². The number of hydrogen-bond donors (Lipinski definition) is 0. The molecule has 1 aliphatic rings. The van der Waals surface area contributed by atoms with E-state index in [0.29, 0.717) is 13.1 Å². The maximum atomic E-state index is 6.88. The molecule has 0 aliphatic heterocycles. The molecular weight excluding hydrogens is 367 g/mol. The number of rotatable bonds is 12. The van der Waals surface area contributed by atoms with E-state index in [4.69, 9.17) is 11.5 Å². The molecule has 4 heteroatoms. The van der Waals surface area contributed by atoms with Gasteiger partial charge in [0, 0.05) is 0 Å². The summed E-state index contributed by atoms with van der Waals surface area (Å²) in [7, 11) is 0. The van der Waals surface area contributed by atoms with Crippen LogP contribution in [0.25, 0.3) is 11.5 Å². The van der Waals surface area contributed by atoms with Crippen molar-refractivity contribution in [3.8, 4) is 0 Å². The molecule has 25 heavy (non-hydrogen) atoms. The van der Waals surface area contributed by atoms with Crippen LogP contribution < -0.4 is 12.4 Å². The third-order valence-corrected chi connectivity index (χ3v) is 3.65. The summed E-state index contributed by atoms with van der Waals surface area (Å²) in [4.78, 5) is 0. The van der Waals surface area contributed by atoms with Crippen molar-refractivity contribution in [1.82, 2.24) is 0 Å². The SMILES string of the molecule is CCCCCCCC[NH-].CCCCCCCC[NH-].[C-]1=CC=CC1.[Cl-].[V+4]. The number of nitrogens with one attached hydrogen (secondary N) is 2. The number of allylic oxidation sites excluding steroid dienone is 4. The molecule has 0 amide bonds. The van der Waals surface area contributed by atoms with Crippen LogP contribution in [-0.2, 0) is 18.6 Å². The van der Waals surface area contributed by atoms with Gasteiger partial charge >= 0.3 is 18.6 Å². The number of halogens is 1. The van der Waals surface area contributed by atoms with Gasteiger partial charge in [-0.3, -0.25) is 6.08 Å². The van der Waals surface area contributed by atoms with E-state index in [1.54, 1.807) is 0 Å². The Balaban J connectivity index is -0.000000131. The second-order valence-corrected chi connectivity index (χ2v) is 6.04. The molecular formula is C21H41ClN2V. The second kappa shape index (κ2) is 35.4. The van der Waals surface area contributed by atoms with Gasteiger partial charge in [-0.25, -0.2) is 12.2 Å². The van der Waals surface area contributed by atoms with Crippen LogP contribution in [0.2, 0.25) is 0 Å². The molecule has 0 unspecified atom stereocenters. The first-order valence-corrected chi connectivity index (χ1v) is 9.84. The summed E-state index contributed by atoms with van der Waals surface area (Å²) >= 11 is 0. The van der Waals surface area contributed by atoms with E-state index in [9.17, 15) is 0 Å². The summed E-state index contributed by atoms with van der Waals surface area (Å²) in [5.74, 6) is 0. The van der Waals surface area contributed by atoms with Gasteiger partial charge in [0.1, 0.15) is 0 Å². The largest absolute Gasteiger partial charge is 4.00 e. The topological polar surface area (TPSA) is 47.6 Å². The van der Waals surface area contributed by atoms with E-state index in [-0.39, 0.29) is 31.0 Å². The molecule has 1 rings (SSSR count). The van der Waals surface area contributed by atoms with Crippen molar-refractivity contribution >= 4 is 0 Å². The fourth-order valence-corrected chi connectivity index (χ4v) is 2.15. The molecule has 0 fully saturated rings. The zero-order valence-corrected chi connectivity index (χ0v) is 18.8. The molecule has 0 aromatic rings. The molecule has 0 bridgehead atoms. The van der Waals surface area contributed by atoms with Crippen molar-refractivity contribution in [2.75, 3.05) is 13.1 Å². The summed E-state index contributed by atoms with van der Waals surface area (Å²) in [5.41, 5.74) is 13.8. The van der Waals surface area contributed by atoms with Crippen LogP contribution >= 0.6 is 0 Å². The Morgan fingerprint density at radius 2 is 1.12 bits per heavy atom. The minimum atomic E-state index is 0. The quantitative estimate of drug-likeness (QED) is 0.319. The third-order valence-electron chi connectivity index (χ3n) is 3.65. The van der Waals surface area contributed by atoms with Crippen molar-refractivity contribution in [2.24, 2.45) is 0 Å². The molecule has 0 saturated heterocycles.